The molecule has 1 aliphatic rings. The molecule has 1 aromatic carbocycles. The minimum absolute atomic E-state index is 0.203. The number of nitrogen functional groups attached to an aromatic ring is 1. The van der Waals surface area contributed by atoms with Crippen molar-refractivity contribution in [3.8, 4) is 5.75 Å². The molecule has 202 valence electrons. The zero-order valence-corrected chi connectivity index (χ0v) is 21.7. The number of benzene rings is 1. The summed E-state index contributed by atoms with van der Waals surface area (Å²) in [7, 11) is -3.38. The smallest absolute Gasteiger partial charge is 0.490 e. The highest BCUT2D eigenvalue weighted by molar-refractivity contribution is 7.88. The second-order valence-electron chi connectivity index (χ2n) is 8.29. The van der Waals surface area contributed by atoms with E-state index in [4.69, 9.17) is 32.0 Å². The lowest BCUT2D eigenvalue weighted by molar-refractivity contribution is -0.192. The number of nitrogens with zero attached hydrogens (tertiary/aromatic N) is 5. The first-order chi connectivity index (χ1) is 17.0. The number of ether oxygens (including phenoxy) is 1. The van der Waals surface area contributed by atoms with Crippen molar-refractivity contribution in [2.75, 3.05) is 25.1 Å². The molecule has 0 bridgehead atoms. The molecular weight excluding hydrogens is 541 g/mol. The Labute approximate surface area is 215 Å². The SMILES string of the molecule is Cc1c(Cl)cc(C(C)n2nc(C)c3c(N)ncnc32)c2c1CN(S(C)(=O)=O)CCO2.O=C(O)C(F)(F)F. The Morgan fingerprint density at radius 3 is 2.49 bits per heavy atom. The summed E-state index contributed by atoms with van der Waals surface area (Å²) in [5.74, 6) is -1.75. The topological polar surface area (TPSA) is 154 Å². The largest absolute Gasteiger partial charge is 0.491 e. The predicted octanol–water partition coefficient (Wildman–Crippen LogP) is 3.08. The molecule has 0 radical (unpaired) electrons. The summed E-state index contributed by atoms with van der Waals surface area (Å²) in [6, 6.07) is 1.57. The number of anilines is 1. The summed E-state index contributed by atoms with van der Waals surface area (Å²) in [5, 5.41) is 13.0. The lowest BCUT2D eigenvalue weighted by Crippen LogP contribution is -2.31. The Hall–Kier alpha value is -3.17. The van der Waals surface area contributed by atoms with Gasteiger partial charge in [-0.2, -0.15) is 22.6 Å². The number of carboxylic acid groups (broad SMARTS) is 1. The molecule has 1 unspecified atom stereocenters. The first kappa shape index (κ1) is 28.4. The molecule has 0 amide bonds. The average molecular weight is 565 g/mol. The van der Waals surface area contributed by atoms with Crippen LogP contribution in [-0.4, -0.2) is 69.1 Å². The first-order valence-corrected chi connectivity index (χ1v) is 12.9. The highest BCUT2D eigenvalue weighted by Gasteiger charge is 2.38. The van der Waals surface area contributed by atoms with Gasteiger partial charge in [-0.1, -0.05) is 11.6 Å². The van der Waals surface area contributed by atoms with Crippen molar-refractivity contribution >= 4 is 44.4 Å². The van der Waals surface area contributed by atoms with E-state index in [1.54, 1.807) is 4.68 Å². The van der Waals surface area contributed by atoms with Crippen LogP contribution in [0.4, 0.5) is 19.0 Å². The molecule has 4 rings (SSSR count). The van der Waals surface area contributed by atoms with Crippen LogP contribution in [0.1, 0.15) is 35.3 Å². The molecule has 0 saturated heterocycles. The second-order valence-corrected chi connectivity index (χ2v) is 10.7. The molecule has 37 heavy (non-hydrogen) atoms. The van der Waals surface area contributed by atoms with Crippen LogP contribution in [0.15, 0.2) is 12.4 Å². The Kier molecular flexibility index (Phi) is 7.91. The van der Waals surface area contributed by atoms with E-state index in [1.807, 2.05) is 26.8 Å². The van der Waals surface area contributed by atoms with E-state index >= 15 is 0 Å². The van der Waals surface area contributed by atoms with Crippen molar-refractivity contribution < 1.29 is 36.2 Å². The Morgan fingerprint density at radius 2 is 1.92 bits per heavy atom. The van der Waals surface area contributed by atoms with Crippen LogP contribution < -0.4 is 10.5 Å². The van der Waals surface area contributed by atoms with Crippen molar-refractivity contribution in [2.45, 2.75) is 39.5 Å². The number of rotatable bonds is 3. The summed E-state index contributed by atoms with van der Waals surface area (Å²) in [6.45, 7) is 6.41. The van der Waals surface area contributed by atoms with Gasteiger partial charge >= 0.3 is 12.1 Å². The summed E-state index contributed by atoms with van der Waals surface area (Å²) in [4.78, 5) is 17.3. The van der Waals surface area contributed by atoms with Gasteiger partial charge in [0, 0.05) is 29.2 Å². The van der Waals surface area contributed by atoms with Crippen LogP contribution in [-0.2, 0) is 21.4 Å². The third kappa shape index (κ3) is 5.88. The van der Waals surface area contributed by atoms with Gasteiger partial charge in [-0.25, -0.2) is 27.9 Å². The molecule has 16 heteroatoms. The van der Waals surface area contributed by atoms with Gasteiger partial charge < -0.3 is 15.6 Å². The normalized spacial score (nSPS) is 15.2. The number of alkyl halides is 3. The molecule has 11 nitrogen and oxygen atoms in total. The van der Waals surface area contributed by atoms with Crippen LogP contribution in [0.2, 0.25) is 5.02 Å². The molecule has 2 aromatic heterocycles. The monoisotopic (exact) mass is 564 g/mol. The number of carboxylic acids is 1. The van der Waals surface area contributed by atoms with Crippen molar-refractivity contribution in [3.05, 3.63) is 39.8 Å². The predicted molar refractivity (Wildman–Crippen MR) is 129 cm³/mol. The van der Waals surface area contributed by atoms with Crippen molar-refractivity contribution in [2.24, 2.45) is 0 Å². The summed E-state index contributed by atoms with van der Waals surface area (Å²) >= 11 is 6.55. The number of halogens is 4. The maximum absolute atomic E-state index is 12.2. The quantitative estimate of drug-likeness (QED) is 0.488. The number of sulfonamides is 1. The van der Waals surface area contributed by atoms with Gasteiger partial charge in [-0.15, -0.1) is 0 Å². The molecular formula is C21H24ClF3N6O5S. The van der Waals surface area contributed by atoms with E-state index in [1.165, 1.54) is 16.9 Å². The molecule has 0 saturated carbocycles. The van der Waals surface area contributed by atoms with Gasteiger partial charge in [-0.05, 0) is 32.4 Å². The molecule has 3 N–H and O–H groups in total. The van der Waals surface area contributed by atoms with Crippen molar-refractivity contribution in [1.29, 1.82) is 0 Å². The Bertz CT molecular complexity index is 1460. The zero-order chi connectivity index (χ0) is 27.9. The minimum Gasteiger partial charge on any atom is -0.491 e. The summed E-state index contributed by atoms with van der Waals surface area (Å²) < 4.78 is 65.3. The molecule has 0 spiro atoms. The number of aliphatic carboxylic acids is 1. The average Bonchev–Trinajstić information content (AvgIpc) is 2.97. The zero-order valence-electron chi connectivity index (χ0n) is 20.2. The van der Waals surface area contributed by atoms with Crippen LogP contribution >= 0.6 is 11.6 Å². The number of hydrogen-bond donors (Lipinski definition) is 2. The summed E-state index contributed by atoms with van der Waals surface area (Å²) in [5.41, 5.74) is 9.73. The Morgan fingerprint density at radius 1 is 1.30 bits per heavy atom. The molecule has 0 aliphatic carbocycles. The minimum atomic E-state index is -5.08. The highest BCUT2D eigenvalue weighted by Crippen LogP contribution is 2.40. The first-order valence-electron chi connectivity index (χ1n) is 10.7. The van der Waals surface area contributed by atoms with E-state index in [-0.39, 0.29) is 25.7 Å². The molecule has 0 fully saturated rings. The number of nitrogens with two attached hydrogens (primary N) is 1. The number of fused-ring (bicyclic) bond motifs is 2. The van der Waals surface area contributed by atoms with Gasteiger partial charge in [0.1, 0.15) is 24.5 Å². The number of aromatic nitrogens is 4. The van der Waals surface area contributed by atoms with Gasteiger partial charge in [0.25, 0.3) is 0 Å². The van der Waals surface area contributed by atoms with E-state index in [9.17, 15) is 21.6 Å². The van der Waals surface area contributed by atoms with Crippen molar-refractivity contribution in [3.63, 3.8) is 0 Å². The van der Waals surface area contributed by atoms with Gasteiger partial charge in [-0.3, -0.25) is 0 Å². The molecule has 1 atom stereocenters. The molecule has 1 aliphatic heterocycles. The molecule has 3 aromatic rings. The van der Waals surface area contributed by atoms with Crippen molar-refractivity contribution in [1.82, 2.24) is 24.1 Å². The fourth-order valence-electron chi connectivity index (χ4n) is 3.83. The molecule has 3 heterocycles. The van der Waals surface area contributed by atoms with E-state index < -0.39 is 22.2 Å². The van der Waals surface area contributed by atoms with Gasteiger partial charge in [0.05, 0.1) is 23.4 Å². The maximum Gasteiger partial charge on any atom is 0.490 e. The van der Waals surface area contributed by atoms with Crippen LogP contribution in [0.5, 0.6) is 5.75 Å². The van der Waals surface area contributed by atoms with Crippen LogP contribution in [0.3, 0.4) is 0 Å². The number of hydrogen-bond acceptors (Lipinski definition) is 8. The lowest BCUT2D eigenvalue weighted by atomic mass is 9.98. The fraction of sp³-hybridized carbons (Fsp3) is 0.429. The van der Waals surface area contributed by atoms with E-state index in [2.05, 4.69) is 15.1 Å². The standard InChI is InChI=1S/C19H23ClN6O3S.C2HF3O2/c1-10-14-8-25(30(4,27)28)5-6-29-17(14)13(7-15(10)20)12(3)26-19-16(11(2)24-26)18(21)22-9-23-19;3-2(4,5)1(6)7/h7,9,12H,5-6,8H2,1-4H3,(H2,21,22,23);(H,6,7). The van der Waals surface area contributed by atoms with Gasteiger partial charge in [0.15, 0.2) is 5.65 Å². The lowest BCUT2D eigenvalue weighted by Gasteiger charge is -2.22. The number of carbonyl (C=O) groups is 1. The number of aryl methyl sites for hydroxylation is 1. The summed E-state index contributed by atoms with van der Waals surface area (Å²) in [6.07, 6.45) is -2.48. The van der Waals surface area contributed by atoms with E-state index in [0.29, 0.717) is 27.6 Å². The third-order valence-corrected chi connectivity index (χ3v) is 7.41. The van der Waals surface area contributed by atoms with Crippen LogP contribution in [0, 0.1) is 13.8 Å². The maximum atomic E-state index is 12.2. The third-order valence-electron chi connectivity index (χ3n) is 5.77. The Balaban J connectivity index is 0.000000479. The van der Waals surface area contributed by atoms with Gasteiger partial charge in [0.2, 0.25) is 10.0 Å². The van der Waals surface area contributed by atoms with Crippen LogP contribution in [0.25, 0.3) is 11.0 Å². The highest BCUT2D eigenvalue weighted by atomic mass is 35.5. The second kappa shape index (κ2) is 10.3. The van der Waals surface area contributed by atoms with E-state index in [0.717, 1.165) is 22.4 Å². The fourth-order valence-corrected chi connectivity index (χ4v) is 4.83.